The first-order valence-corrected chi connectivity index (χ1v) is 19.1. The first kappa shape index (κ1) is 41.0. The third-order valence-corrected chi connectivity index (χ3v) is 8.86. The van der Waals surface area contributed by atoms with Gasteiger partial charge in [0.1, 0.15) is 6.10 Å². The van der Waals surface area contributed by atoms with Gasteiger partial charge in [0.05, 0.1) is 17.9 Å². The summed E-state index contributed by atoms with van der Waals surface area (Å²) in [6.45, 7) is 4.45. The lowest BCUT2D eigenvalue weighted by atomic mass is 10.0. The van der Waals surface area contributed by atoms with Crippen LogP contribution in [0.5, 0.6) is 0 Å². The van der Waals surface area contributed by atoms with Crippen molar-refractivity contribution in [2.24, 2.45) is 0 Å². The molecule has 42 heavy (non-hydrogen) atoms. The van der Waals surface area contributed by atoms with Crippen molar-refractivity contribution in [1.82, 2.24) is 5.32 Å². The SMILES string of the molecule is CCCCC/C=C\CCCCCCC(O)C(=O)NC(CS(=O)(=O)O)C(O)CCCCCCCCCCCCCCCC. The number of nitrogens with one attached hydrogen (secondary N) is 1. The monoisotopic (exact) mass is 617 g/mol. The van der Waals surface area contributed by atoms with Crippen molar-refractivity contribution in [2.45, 2.75) is 193 Å². The molecular weight excluding hydrogens is 550 g/mol. The fourth-order valence-electron chi connectivity index (χ4n) is 5.34. The number of carbonyl (C=O) groups excluding carboxylic acids is 1. The summed E-state index contributed by atoms with van der Waals surface area (Å²) in [6.07, 6.45) is 29.4. The van der Waals surface area contributed by atoms with Gasteiger partial charge in [-0.3, -0.25) is 9.35 Å². The molecule has 0 fully saturated rings. The highest BCUT2D eigenvalue weighted by Gasteiger charge is 2.28. The van der Waals surface area contributed by atoms with Gasteiger partial charge in [0, 0.05) is 0 Å². The van der Waals surface area contributed by atoms with Crippen molar-refractivity contribution in [3.05, 3.63) is 12.2 Å². The molecule has 4 N–H and O–H groups in total. The Hall–Kier alpha value is -0.960. The van der Waals surface area contributed by atoms with E-state index in [1.165, 1.54) is 83.5 Å². The lowest BCUT2D eigenvalue weighted by Gasteiger charge is -2.24. The summed E-state index contributed by atoms with van der Waals surface area (Å²) >= 11 is 0. The summed E-state index contributed by atoms with van der Waals surface area (Å²) in [7, 11) is -4.40. The molecule has 0 aliphatic carbocycles. The van der Waals surface area contributed by atoms with Gasteiger partial charge in [-0.1, -0.05) is 148 Å². The number of allylic oxidation sites excluding steroid dienone is 2. The van der Waals surface area contributed by atoms with E-state index in [1.807, 2.05) is 0 Å². The fourth-order valence-corrected chi connectivity index (χ4v) is 6.10. The van der Waals surface area contributed by atoms with Crippen molar-refractivity contribution < 1.29 is 28.0 Å². The Balaban J connectivity index is 4.10. The molecule has 0 aliphatic heterocycles. The van der Waals surface area contributed by atoms with Crippen molar-refractivity contribution in [3.8, 4) is 0 Å². The van der Waals surface area contributed by atoms with Crippen LogP contribution in [0.25, 0.3) is 0 Å². The van der Waals surface area contributed by atoms with Crippen LogP contribution in [0.1, 0.15) is 174 Å². The summed E-state index contributed by atoms with van der Waals surface area (Å²) in [5, 5.41) is 23.4. The van der Waals surface area contributed by atoms with E-state index in [0.29, 0.717) is 19.3 Å². The second kappa shape index (κ2) is 28.8. The van der Waals surface area contributed by atoms with Gasteiger partial charge in [0.2, 0.25) is 5.91 Å². The maximum atomic E-state index is 12.5. The molecule has 3 atom stereocenters. The van der Waals surface area contributed by atoms with Crippen LogP contribution < -0.4 is 5.32 Å². The minimum atomic E-state index is -4.40. The number of hydrogen-bond acceptors (Lipinski definition) is 5. The molecule has 250 valence electrons. The van der Waals surface area contributed by atoms with Crippen LogP contribution in [0.15, 0.2) is 12.2 Å². The molecule has 7 nitrogen and oxygen atoms in total. The van der Waals surface area contributed by atoms with E-state index in [0.717, 1.165) is 51.4 Å². The zero-order valence-electron chi connectivity index (χ0n) is 27.2. The average molecular weight is 618 g/mol. The summed E-state index contributed by atoms with van der Waals surface area (Å²) in [5.41, 5.74) is 0. The minimum absolute atomic E-state index is 0.284. The molecule has 0 aromatic carbocycles. The predicted molar refractivity (Wildman–Crippen MR) is 176 cm³/mol. The van der Waals surface area contributed by atoms with Crippen LogP contribution in [0.2, 0.25) is 0 Å². The number of hydrogen-bond donors (Lipinski definition) is 4. The van der Waals surface area contributed by atoms with E-state index in [-0.39, 0.29) is 6.42 Å². The molecule has 0 saturated heterocycles. The molecule has 3 unspecified atom stereocenters. The second-order valence-corrected chi connectivity index (χ2v) is 13.8. The largest absolute Gasteiger partial charge is 0.391 e. The summed E-state index contributed by atoms with van der Waals surface area (Å²) in [4.78, 5) is 12.5. The summed E-state index contributed by atoms with van der Waals surface area (Å²) in [6, 6.07) is -1.15. The van der Waals surface area contributed by atoms with Crippen LogP contribution in [0.3, 0.4) is 0 Å². The van der Waals surface area contributed by atoms with Gasteiger partial charge in [-0.2, -0.15) is 8.42 Å². The van der Waals surface area contributed by atoms with Gasteiger partial charge < -0.3 is 15.5 Å². The standard InChI is InChI=1S/C34H67NO6S/c1-3-5-7-9-11-13-15-16-17-19-20-22-24-26-28-32(36)31(30-42(39,40)41)35-34(38)33(37)29-27-25-23-21-18-14-12-10-8-6-4-2/h12,14,31-33,36-37H,3-11,13,15-30H2,1-2H3,(H,35,38)(H,39,40,41)/b14-12-. The Morgan fingerprint density at radius 2 is 1.00 bits per heavy atom. The van der Waals surface area contributed by atoms with Gasteiger partial charge in [-0.25, -0.2) is 0 Å². The van der Waals surface area contributed by atoms with E-state index >= 15 is 0 Å². The number of carbonyl (C=O) groups is 1. The molecule has 8 heteroatoms. The topological polar surface area (TPSA) is 124 Å². The van der Waals surface area contributed by atoms with E-state index in [2.05, 4.69) is 31.3 Å². The quantitative estimate of drug-likeness (QED) is 0.0352. The van der Waals surface area contributed by atoms with Crippen LogP contribution in [0.4, 0.5) is 0 Å². The van der Waals surface area contributed by atoms with Gasteiger partial charge in [-0.05, 0) is 38.5 Å². The van der Waals surface area contributed by atoms with E-state index in [4.69, 9.17) is 0 Å². The molecule has 1 amide bonds. The van der Waals surface area contributed by atoms with E-state index < -0.39 is 40.0 Å². The van der Waals surface area contributed by atoms with E-state index in [1.54, 1.807) is 0 Å². The average Bonchev–Trinajstić information content (AvgIpc) is 2.94. The molecule has 0 spiro atoms. The predicted octanol–water partition coefficient (Wildman–Crippen LogP) is 8.43. The highest BCUT2D eigenvalue weighted by atomic mass is 32.2. The highest BCUT2D eigenvalue weighted by molar-refractivity contribution is 7.85. The zero-order valence-corrected chi connectivity index (χ0v) is 28.1. The van der Waals surface area contributed by atoms with Crippen LogP contribution >= 0.6 is 0 Å². The second-order valence-electron chi connectivity index (χ2n) is 12.3. The molecule has 0 saturated carbocycles. The lowest BCUT2D eigenvalue weighted by Crippen LogP contribution is -2.50. The summed E-state index contributed by atoms with van der Waals surface area (Å²) < 4.78 is 32.4. The molecular formula is C34H67NO6S. The Morgan fingerprint density at radius 1 is 0.619 bits per heavy atom. The Labute approximate surface area is 259 Å². The molecule has 0 heterocycles. The molecule has 0 bridgehead atoms. The number of aliphatic hydroxyl groups excluding tert-OH is 2. The number of rotatable bonds is 31. The van der Waals surface area contributed by atoms with Crippen molar-refractivity contribution in [1.29, 1.82) is 0 Å². The summed E-state index contributed by atoms with van der Waals surface area (Å²) in [5.74, 6) is -1.46. The fraction of sp³-hybridized carbons (Fsp3) is 0.912. The first-order chi connectivity index (χ1) is 20.2. The molecule has 0 aromatic heterocycles. The van der Waals surface area contributed by atoms with Gasteiger partial charge in [-0.15, -0.1) is 0 Å². The molecule has 0 aromatic rings. The van der Waals surface area contributed by atoms with Gasteiger partial charge in [0.15, 0.2) is 0 Å². The first-order valence-electron chi connectivity index (χ1n) is 17.5. The highest BCUT2D eigenvalue weighted by Crippen LogP contribution is 2.15. The Kier molecular flexibility index (Phi) is 28.1. The van der Waals surface area contributed by atoms with Crippen molar-refractivity contribution in [2.75, 3.05) is 5.75 Å². The van der Waals surface area contributed by atoms with E-state index in [9.17, 15) is 28.0 Å². The molecule has 0 rings (SSSR count). The smallest absolute Gasteiger partial charge is 0.266 e. The van der Waals surface area contributed by atoms with Gasteiger partial charge in [0.25, 0.3) is 10.1 Å². The third-order valence-electron chi connectivity index (χ3n) is 8.08. The number of aliphatic hydroxyl groups is 2. The normalized spacial score (nSPS) is 14.3. The van der Waals surface area contributed by atoms with Crippen molar-refractivity contribution in [3.63, 3.8) is 0 Å². The molecule has 0 radical (unpaired) electrons. The minimum Gasteiger partial charge on any atom is -0.391 e. The lowest BCUT2D eigenvalue weighted by molar-refractivity contribution is -0.131. The third kappa shape index (κ3) is 27.8. The number of amides is 1. The zero-order chi connectivity index (χ0) is 31.3. The van der Waals surface area contributed by atoms with Crippen molar-refractivity contribution >= 4 is 16.0 Å². The Morgan fingerprint density at radius 3 is 1.48 bits per heavy atom. The maximum absolute atomic E-state index is 12.5. The maximum Gasteiger partial charge on any atom is 0.266 e. The van der Waals surface area contributed by atoms with Gasteiger partial charge >= 0.3 is 0 Å². The van der Waals surface area contributed by atoms with Crippen LogP contribution in [-0.4, -0.2) is 53.1 Å². The Bertz CT molecular complexity index is 742. The van der Waals surface area contributed by atoms with Crippen LogP contribution in [-0.2, 0) is 14.9 Å². The molecule has 0 aliphatic rings. The van der Waals surface area contributed by atoms with Crippen LogP contribution in [0, 0.1) is 0 Å². The number of unbranched alkanes of at least 4 members (excludes halogenated alkanes) is 20.